The SMILES string of the molecule is CCC=C=CCOCC=C=CCC. The molecular formula is C12H18O. The molecule has 0 aromatic rings. The molecule has 0 aromatic carbocycles. The van der Waals surface area contributed by atoms with Crippen LogP contribution >= 0.6 is 0 Å². The van der Waals surface area contributed by atoms with Crippen molar-refractivity contribution in [3.8, 4) is 0 Å². The van der Waals surface area contributed by atoms with Gasteiger partial charge in [-0.05, 0) is 37.1 Å². The minimum atomic E-state index is 0.626. The Morgan fingerprint density at radius 3 is 1.69 bits per heavy atom. The van der Waals surface area contributed by atoms with Crippen LogP contribution < -0.4 is 0 Å². The maximum Gasteiger partial charge on any atom is 0.0725 e. The third-order valence-electron chi connectivity index (χ3n) is 1.28. The lowest BCUT2D eigenvalue weighted by Gasteiger charge is -1.90. The first-order valence-electron chi connectivity index (χ1n) is 4.78. The monoisotopic (exact) mass is 178 g/mol. The Labute approximate surface area is 81.1 Å². The van der Waals surface area contributed by atoms with Gasteiger partial charge < -0.3 is 4.74 Å². The first-order valence-corrected chi connectivity index (χ1v) is 4.78. The maximum absolute atomic E-state index is 5.25. The van der Waals surface area contributed by atoms with Gasteiger partial charge >= 0.3 is 0 Å². The van der Waals surface area contributed by atoms with Crippen LogP contribution in [0.1, 0.15) is 26.7 Å². The minimum absolute atomic E-state index is 0.626. The van der Waals surface area contributed by atoms with Crippen LogP contribution in [-0.2, 0) is 4.74 Å². The molecule has 0 bridgehead atoms. The van der Waals surface area contributed by atoms with Gasteiger partial charge in [0.2, 0.25) is 0 Å². The Hall–Kier alpha value is -1.00. The van der Waals surface area contributed by atoms with Crippen LogP contribution in [0, 0.1) is 0 Å². The lowest BCUT2D eigenvalue weighted by Crippen LogP contribution is -1.88. The molecule has 0 saturated heterocycles. The standard InChI is InChI=1S/C12H18O/c1-3-5-7-9-11-13-12-10-8-6-4-2/h5-6,9-10H,3-4,11-12H2,1-2H3. The van der Waals surface area contributed by atoms with Gasteiger partial charge in [-0.2, -0.15) is 0 Å². The smallest absolute Gasteiger partial charge is 0.0725 e. The quantitative estimate of drug-likeness (QED) is 0.448. The van der Waals surface area contributed by atoms with E-state index in [1.54, 1.807) is 0 Å². The number of hydrogen-bond donors (Lipinski definition) is 0. The van der Waals surface area contributed by atoms with Gasteiger partial charge in [-0.3, -0.25) is 0 Å². The predicted octanol–water partition coefficient (Wildman–Crippen LogP) is 3.25. The molecule has 0 N–H and O–H groups in total. The van der Waals surface area contributed by atoms with E-state index in [0.29, 0.717) is 13.2 Å². The summed E-state index contributed by atoms with van der Waals surface area (Å²) >= 11 is 0. The van der Waals surface area contributed by atoms with Crippen molar-refractivity contribution in [1.29, 1.82) is 0 Å². The second-order valence-corrected chi connectivity index (χ2v) is 2.50. The van der Waals surface area contributed by atoms with E-state index in [-0.39, 0.29) is 0 Å². The molecule has 0 heterocycles. The number of ether oxygens (including phenoxy) is 1. The average Bonchev–Trinajstić information content (AvgIpc) is 2.16. The molecule has 1 nitrogen and oxygen atoms in total. The highest BCUT2D eigenvalue weighted by Gasteiger charge is 1.75. The normalized spacial score (nSPS) is 8.15. The van der Waals surface area contributed by atoms with E-state index in [9.17, 15) is 0 Å². The van der Waals surface area contributed by atoms with Gasteiger partial charge in [0.1, 0.15) is 0 Å². The summed E-state index contributed by atoms with van der Waals surface area (Å²) in [5.74, 6) is 0. The van der Waals surface area contributed by atoms with Crippen molar-refractivity contribution >= 4 is 0 Å². The van der Waals surface area contributed by atoms with E-state index < -0.39 is 0 Å². The Bertz CT molecular complexity index is 189. The molecule has 0 saturated carbocycles. The summed E-state index contributed by atoms with van der Waals surface area (Å²) < 4.78 is 5.25. The van der Waals surface area contributed by atoms with Crippen LogP contribution in [0.4, 0.5) is 0 Å². The maximum atomic E-state index is 5.25. The Morgan fingerprint density at radius 2 is 1.31 bits per heavy atom. The molecular weight excluding hydrogens is 160 g/mol. The zero-order valence-electron chi connectivity index (χ0n) is 8.55. The van der Waals surface area contributed by atoms with Gasteiger partial charge in [0.05, 0.1) is 13.2 Å². The lowest BCUT2D eigenvalue weighted by molar-refractivity contribution is 0.194. The number of hydrogen-bond acceptors (Lipinski definition) is 1. The summed E-state index contributed by atoms with van der Waals surface area (Å²) in [6, 6.07) is 0. The van der Waals surface area contributed by atoms with Gasteiger partial charge in [-0.15, -0.1) is 11.5 Å². The summed E-state index contributed by atoms with van der Waals surface area (Å²) in [5, 5.41) is 0. The van der Waals surface area contributed by atoms with Crippen LogP contribution in [0.2, 0.25) is 0 Å². The molecule has 1 heteroatoms. The first-order chi connectivity index (χ1) is 6.41. The second kappa shape index (κ2) is 11.0. The fourth-order valence-corrected chi connectivity index (χ4v) is 0.684. The first kappa shape index (κ1) is 12.0. The molecule has 0 radical (unpaired) electrons. The van der Waals surface area contributed by atoms with Crippen molar-refractivity contribution in [3.63, 3.8) is 0 Å². The molecule has 0 aliphatic carbocycles. The zero-order chi connectivity index (χ0) is 9.78. The topological polar surface area (TPSA) is 9.23 Å². The Kier molecular flexibility index (Phi) is 10.2. The van der Waals surface area contributed by atoms with Crippen molar-refractivity contribution in [2.75, 3.05) is 13.2 Å². The van der Waals surface area contributed by atoms with Crippen molar-refractivity contribution in [1.82, 2.24) is 0 Å². The van der Waals surface area contributed by atoms with Crippen molar-refractivity contribution in [2.24, 2.45) is 0 Å². The number of rotatable bonds is 6. The van der Waals surface area contributed by atoms with Gasteiger partial charge in [0, 0.05) is 0 Å². The van der Waals surface area contributed by atoms with E-state index in [4.69, 9.17) is 4.74 Å². The van der Waals surface area contributed by atoms with E-state index in [1.807, 2.05) is 24.3 Å². The molecule has 0 amide bonds. The van der Waals surface area contributed by atoms with Crippen LogP contribution in [0.25, 0.3) is 0 Å². The fraction of sp³-hybridized carbons (Fsp3) is 0.500. The minimum Gasteiger partial charge on any atom is -0.372 e. The van der Waals surface area contributed by atoms with Crippen molar-refractivity contribution in [2.45, 2.75) is 26.7 Å². The predicted molar refractivity (Wildman–Crippen MR) is 56.7 cm³/mol. The van der Waals surface area contributed by atoms with Crippen LogP contribution in [0.5, 0.6) is 0 Å². The average molecular weight is 178 g/mol. The highest BCUT2D eigenvalue weighted by Crippen LogP contribution is 1.80. The Balaban J connectivity index is 3.36. The molecule has 0 atom stereocenters. The van der Waals surface area contributed by atoms with Crippen LogP contribution in [-0.4, -0.2) is 13.2 Å². The summed E-state index contributed by atoms with van der Waals surface area (Å²) in [5.41, 5.74) is 6.04. The molecule has 13 heavy (non-hydrogen) atoms. The largest absolute Gasteiger partial charge is 0.372 e. The van der Waals surface area contributed by atoms with Crippen LogP contribution in [0.15, 0.2) is 35.8 Å². The summed E-state index contributed by atoms with van der Waals surface area (Å²) in [6.07, 6.45) is 9.79. The van der Waals surface area contributed by atoms with Gasteiger partial charge in [-0.1, -0.05) is 13.8 Å². The lowest BCUT2D eigenvalue weighted by atomic mass is 10.4. The summed E-state index contributed by atoms with van der Waals surface area (Å²) in [7, 11) is 0. The highest BCUT2D eigenvalue weighted by atomic mass is 16.5. The van der Waals surface area contributed by atoms with E-state index in [0.717, 1.165) is 12.8 Å². The molecule has 0 aliphatic heterocycles. The van der Waals surface area contributed by atoms with Crippen LogP contribution in [0.3, 0.4) is 0 Å². The zero-order valence-corrected chi connectivity index (χ0v) is 8.55. The molecule has 0 aromatic heterocycles. The van der Waals surface area contributed by atoms with E-state index in [2.05, 4.69) is 25.3 Å². The molecule has 0 rings (SSSR count). The molecule has 0 aliphatic rings. The molecule has 0 spiro atoms. The van der Waals surface area contributed by atoms with Gasteiger partial charge in [-0.25, -0.2) is 0 Å². The molecule has 0 unspecified atom stereocenters. The summed E-state index contributed by atoms with van der Waals surface area (Å²) in [4.78, 5) is 0. The molecule has 72 valence electrons. The Morgan fingerprint density at radius 1 is 0.846 bits per heavy atom. The molecule has 0 fully saturated rings. The van der Waals surface area contributed by atoms with E-state index in [1.165, 1.54) is 0 Å². The fourth-order valence-electron chi connectivity index (χ4n) is 0.684. The second-order valence-electron chi connectivity index (χ2n) is 2.50. The van der Waals surface area contributed by atoms with Crippen molar-refractivity contribution < 1.29 is 4.74 Å². The summed E-state index contributed by atoms with van der Waals surface area (Å²) in [6.45, 7) is 5.42. The third kappa shape index (κ3) is 11.0. The third-order valence-corrected chi connectivity index (χ3v) is 1.28. The van der Waals surface area contributed by atoms with Crippen molar-refractivity contribution in [3.05, 3.63) is 35.8 Å². The van der Waals surface area contributed by atoms with Gasteiger partial charge in [0.15, 0.2) is 0 Å². The van der Waals surface area contributed by atoms with E-state index >= 15 is 0 Å². The van der Waals surface area contributed by atoms with Gasteiger partial charge in [0.25, 0.3) is 0 Å². The highest BCUT2D eigenvalue weighted by molar-refractivity contribution is 4.86.